The quantitative estimate of drug-likeness (QED) is 0.761. The van der Waals surface area contributed by atoms with E-state index in [2.05, 4.69) is 10.7 Å². The Morgan fingerprint density at radius 2 is 1.70 bits per heavy atom. The summed E-state index contributed by atoms with van der Waals surface area (Å²) in [6.07, 6.45) is -0.305. The molecule has 1 aliphatic rings. The molecule has 1 fully saturated rings. The number of nitrogens with zero attached hydrogens (tertiary/aromatic N) is 1. The van der Waals surface area contributed by atoms with Gasteiger partial charge in [-0.25, -0.2) is 20.0 Å². The van der Waals surface area contributed by atoms with Gasteiger partial charge in [-0.15, -0.1) is 0 Å². The number of carbonyl (C=O) groups excluding carboxylic acids is 2. The van der Waals surface area contributed by atoms with Crippen molar-refractivity contribution in [3.8, 4) is 0 Å². The Bertz CT molecular complexity index is 420. The maximum atomic E-state index is 12.5. The van der Waals surface area contributed by atoms with E-state index in [1.54, 1.807) is 41.5 Å². The molecule has 1 rings (SSSR count). The molecule has 0 saturated carbocycles. The predicted molar refractivity (Wildman–Crippen MR) is 87.9 cm³/mol. The molecule has 0 aromatic heterocycles. The van der Waals surface area contributed by atoms with Crippen molar-refractivity contribution in [3.63, 3.8) is 0 Å². The fraction of sp³-hybridized carbons (Fsp3) is 0.875. The first-order chi connectivity index (χ1) is 10.4. The highest BCUT2D eigenvalue weighted by atomic mass is 16.6. The molecule has 2 N–H and O–H groups in total. The lowest BCUT2D eigenvalue weighted by Crippen LogP contribution is -2.55. The number of amides is 2. The molecular weight excluding hydrogens is 298 g/mol. The second kappa shape index (κ2) is 7.38. The topological polar surface area (TPSA) is 79.9 Å². The molecule has 1 saturated heterocycles. The van der Waals surface area contributed by atoms with Crippen LogP contribution in [-0.2, 0) is 9.47 Å². The van der Waals surface area contributed by atoms with Crippen molar-refractivity contribution in [2.75, 3.05) is 13.1 Å². The average Bonchev–Trinajstić information content (AvgIpc) is 2.84. The van der Waals surface area contributed by atoms with Gasteiger partial charge in [-0.05, 0) is 67.3 Å². The van der Waals surface area contributed by atoms with Gasteiger partial charge >= 0.3 is 12.2 Å². The normalized spacial score (nSPS) is 19.9. The molecule has 0 radical (unpaired) electrons. The molecule has 2 unspecified atom stereocenters. The highest BCUT2D eigenvalue weighted by Crippen LogP contribution is 2.20. The van der Waals surface area contributed by atoms with Gasteiger partial charge in [0.05, 0.1) is 6.04 Å². The van der Waals surface area contributed by atoms with Crippen molar-refractivity contribution in [2.45, 2.75) is 72.1 Å². The second-order valence-corrected chi connectivity index (χ2v) is 7.96. The van der Waals surface area contributed by atoms with E-state index >= 15 is 0 Å². The first-order valence-corrected chi connectivity index (χ1v) is 8.11. The number of hydrogen-bond acceptors (Lipinski definition) is 5. The Balaban J connectivity index is 2.82. The zero-order valence-corrected chi connectivity index (χ0v) is 15.4. The van der Waals surface area contributed by atoms with Gasteiger partial charge in [0, 0.05) is 6.54 Å². The SMILES string of the molecule is CC(C1CCNC1)N(NC(=O)OC(C)(C)C)C(=O)OC(C)(C)C. The van der Waals surface area contributed by atoms with Crippen molar-refractivity contribution in [1.82, 2.24) is 15.8 Å². The molecule has 0 aromatic carbocycles. The van der Waals surface area contributed by atoms with Crippen molar-refractivity contribution in [3.05, 3.63) is 0 Å². The van der Waals surface area contributed by atoms with Gasteiger partial charge in [-0.1, -0.05) is 0 Å². The van der Waals surface area contributed by atoms with Gasteiger partial charge in [0.15, 0.2) is 0 Å². The van der Waals surface area contributed by atoms with E-state index in [-0.39, 0.29) is 12.0 Å². The van der Waals surface area contributed by atoms with Gasteiger partial charge < -0.3 is 14.8 Å². The Kier molecular flexibility index (Phi) is 6.27. The van der Waals surface area contributed by atoms with Crippen LogP contribution in [0.2, 0.25) is 0 Å². The van der Waals surface area contributed by atoms with E-state index < -0.39 is 23.4 Å². The fourth-order valence-electron chi connectivity index (χ4n) is 2.32. The van der Waals surface area contributed by atoms with Crippen LogP contribution in [0.15, 0.2) is 0 Å². The Labute approximate surface area is 139 Å². The van der Waals surface area contributed by atoms with Crippen molar-refractivity contribution < 1.29 is 19.1 Å². The summed E-state index contributed by atoms with van der Waals surface area (Å²) in [6.45, 7) is 14.3. The van der Waals surface area contributed by atoms with E-state index in [1.807, 2.05) is 6.92 Å². The van der Waals surface area contributed by atoms with Gasteiger partial charge in [0.25, 0.3) is 0 Å². The zero-order chi connectivity index (χ0) is 17.8. The van der Waals surface area contributed by atoms with Crippen LogP contribution in [0.1, 0.15) is 54.9 Å². The maximum Gasteiger partial charge on any atom is 0.429 e. The van der Waals surface area contributed by atoms with E-state index in [9.17, 15) is 9.59 Å². The van der Waals surface area contributed by atoms with E-state index in [1.165, 1.54) is 5.01 Å². The smallest absolute Gasteiger partial charge is 0.429 e. The van der Waals surface area contributed by atoms with Gasteiger partial charge in [-0.3, -0.25) is 0 Å². The first-order valence-electron chi connectivity index (χ1n) is 8.11. The summed E-state index contributed by atoms with van der Waals surface area (Å²) in [5.74, 6) is 0.248. The largest absolute Gasteiger partial charge is 0.443 e. The van der Waals surface area contributed by atoms with Crippen molar-refractivity contribution in [2.24, 2.45) is 5.92 Å². The summed E-state index contributed by atoms with van der Waals surface area (Å²) < 4.78 is 10.7. The molecule has 134 valence electrons. The minimum atomic E-state index is -0.666. The molecule has 0 aliphatic carbocycles. The van der Waals surface area contributed by atoms with E-state index in [4.69, 9.17) is 9.47 Å². The lowest BCUT2D eigenvalue weighted by atomic mass is 10.0. The van der Waals surface area contributed by atoms with Crippen LogP contribution >= 0.6 is 0 Å². The summed E-state index contributed by atoms with van der Waals surface area (Å²) in [4.78, 5) is 24.5. The van der Waals surface area contributed by atoms with Gasteiger partial charge in [-0.2, -0.15) is 0 Å². The van der Waals surface area contributed by atoms with Crippen molar-refractivity contribution in [1.29, 1.82) is 0 Å². The third-order valence-electron chi connectivity index (χ3n) is 3.39. The number of carbonyl (C=O) groups is 2. The molecule has 0 bridgehead atoms. The molecule has 2 atom stereocenters. The minimum absolute atomic E-state index is 0.202. The Morgan fingerprint density at radius 1 is 1.13 bits per heavy atom. The molecule has 0 spiro atoms. The average molecular weight is 329 g/mol. The molecule has 23 heavy (non-hydrogen) atoms. The van der Waals surface area contributed by atoms with Gasteiger partial charge in [0.1, 0.15) is 11.2 Å². The van der Waals surface area contributed by atoms with Crippen LogP contribution < -0.4 is 10.7 Å². The molecule has 2 amide bonds. The number of hydrogen-bond donors (Lipinski definition) is 2. The van der Waals surface area contributed by atoms with Crippen molar-refractivity contribution >= 4 is 12.2 Å². The lowest BCUT2D eigenvalue weighted by molar-refractivity contribution is -0.0134. The number of hydrazine groups is 1. The molecular formula is C16H31N3O4. The van der Waals surface area contributed by atoms with E-state index in [0.29, 0.717) is 0 Å². The molecule has 7 heteroatoms. The standard InChI is InChI=1S/C16H31N3O4/c1-11(12-8-9-17-10-12)19(14(21)23-16(5,6)7)18-13(20)22-15(2,3)4/h11-12,17H,8-10H2,1-7H3,(H,18,20). The zero-order valence-electron chi connectivity index (χ0n) is 15.4. The third-order valence-corrected chi connectivity index (χ3v) is 3.39. The number of nitrogens with one attached hydrogen (secondary N) is 2. The highest BCUT2D eigenvalue weighted by Gasteiger charge is 2.34. The highest BCUT2D eigenvalue weighted by molar-refractivity contribution is 5.74. The second-order valence-electron chi connectivity index (χ2n) is 7.96. The third kappa shape index (κ3) is 7.07. The molecule has 0 aromatic rings. The van der Waals surface area contributed by atoms with Crippen LogP contribution in [0.4, 0.5) is 9.59 Å². The van der Waals surface area contributed by atoms with E-state index in [0.717, 1.165) is 19.5 Å². The molecule has 7 nitrogen and oxygen atoms in total. The maximum absolute atomic E-state index is 12.5. The summed E-state index contributed by atoms with van der Waals surface area (Å²) in [5.41, 5.74) is 1.27. The molecule has 1 aliphatic heterocycles. The summed E-state index contributed by atoms with van der Waals surface area (Å²) in [5, 5.41) is 4.51. The van der Waals surface area contributed by atoms with Crippen LogP contribution in [0, 0.1) is 5.92 Å². The summed E-state index contributed by atoms with van der Waals surface area (Å²) in [7, 11) is 0. The number of ether oxygens (including phenoxy) is 2. The van der Waals surface area contributed by atoms with Crippen LogP contribution in [-0.4, -0.2) is 47.5 Å². The van der Waals surface area contributed by atoms with Gasteiger partial charge in [0.2, 0.25) is 0 Å². The van der Waals surface area contributed by atoms with Crippen LogP contribution in [0.25, 0.3) is 0 Å². The lowest BCUT2D eigenvalue weighted by Gasteiger charge is -2.34. The predicted octanol–water partition coefficient (Wildman–Crippen LogP) is 2.66. The van der Waals surface area contributed by atoms with Crippen LogP contribution in [0.5, 0.6) is 0 Å². The molecule has 1 heterocycles. The fourth-order valence-corrected chi connectivity index (χ4v) is 2.32. The monoisotopic (exact) mass is 329 g/mol. The minimum Gasteiger partial charge on any atom is -0.443 e. The number of rotatable bonds is 2. The Hall–Kier alpha value is -1.50. The first kappa shape index (κ1) is 19.5. The summed E-state index contributed by atoms with van der Waals surface area (Å²) >= 11 is 0. The Morgan fingerprint density at radius 3 is 2.13 bits per heavy atom. The van der Waals surface area contributed by atoms with Crippen LogP contribution in [0.3, 0.4) is 0 Å². The summed E-state index contributed by atoms with van der Waals surface area (Å²) in [6, 6.07) is -0.202.